The van der Waals surface area contributed by atoms with Crippen LogP contribution in [0.3, 0.4) is 0 Å². The molecule has 0 aliphatic rings. The zero-order chi connectivity index (χ0) is 15.1. The number of benzene rings is 2. The fraction of sp³-hybridized carbons (Fsp3) is 0.118. The summed E-state index contributed by atoms with van der Waals surface area (Å²) in [5.41, 5.74) is 3.30. The summed E-state index contributed by atoms with van der Waals surface area (Å²) in [6.45, 7) is 2.55. The highest BCUT2D eigenvalue weighted by Crippen LogP contribution is 2.12. The van der Waals surface area contributed by atoms with E-state index in [1.807, 2.05) is 61.5 Å². The Morgan fingerprint density at radius 3 is 2.76 bits per heavy atom. The summed E-state index contributed by atoms with van der Waals surface area (Å²) in [6.07, 6.45) is 3.48. The summed E-state index contributed by atoms with van der Waals surface area (Å²) in [5.74, 6) is 0. The van der Waals surface area contributed by atoms with Crippen molar-refractivity contribution in [2.45, 2.75) is 13.5 Å². The minimum Gasteiger partial charge on any atom is -0.334 e. The van der Waals surface area contributed by atoms with Gasteiger partial charge in [-0.2, -0.15) is 0 Å². The van der Waals surface area contributed by atoms with E-state index in [0.717, 1.165) is 15.6 Å². The number of amides is 2. The maximum Gasteiger partial charge on any atom is 0.319 e. The molecule has 0 unspecified atom stereocenters. The highest BCUT2D eigenvalue weighted by Gasteiger charge is 2.00. The molecule has 2 aromatic rings. The fourth-order valence-corrected chi connectivity index (χ4v) is 2.28. The first-order valence-corrected chi connectivity index (χ1v) is 7.45. The third-order valence-corrected chi connectivity index (χ3v) is 3.53. The highest BCUT2D eigenvalue weighted by molar-refractivity contribution is 9.10. The van der Waals surface area contributed by atoms with Crippen LogP contribution in [-0.2, 0) is 6.54 Å². The molecule has 0 fully saturated rings. The zero-order valence-electron chi connectivity index (χ0n) is 11.8. The van der Waals surface area contributed by atoms with E-state index >= 15 is 0 Å². The molecule has 0 aromatic heterocycles. The number of urea groups is 1. The van der Waals surface area contributed by atoms with Gasteiger partial charge in [-0.1, -0.05) is 52.3 Å². The predicted molar refractivity (Wildman–Crippen MR) is 89.7 cm³/mol. The minimum atomic E-state index is -0.218. The lowest BCUT2D eigenvalue weighted by Gasteiger charge is -2.07. The molecule has 4 heteroatoms. The summed E-state index contributed by atoms with van der Waals surface area (Å²) >= 11 is 3.41. The monoisotopic (exact) mass is 344 g/mol. The van der Waals surface area contributed by atoms with Crippen LogP contribution in [-0.4, -0.2) is 6.03 Å². The largest absolute Gasteiger partial charge is 0.334 e. The summed E-state index contributed by atoms with van der Waals surface area (Å²) in [6, 6.07) is 15.6. The van der Waals surface area contributed by atoms with Crippen molar-refractivity contribution in [3.8, 4) is 0 Å². The molecule has 2 amide bonds. The molecule has 0 aliphatic heterocycles. The van der Waals surface area contributed by atoms with Crippen LogP contribution in [0.25, 0.3) is 6.08 Å². The van der Waals surface area contributed by atoms with Crippen molar-refractivity contribution in [3.63, 3.8) is 0 Å². The third-order valence-electron chi connectivity index (χ3n) is 3.04. The van der Waals surface area contributed by atoms with Crippen molar-refractivity contribution in [1.82, 2.24) is 10.6 Å². The van der Waals surface area contributed by atoms with E-state index in [1.165, 1.54) is 5.56 Å². The average Bonchev–Trinajstić information content (AvgIpc) is 2.46. The van der Waals surface area contributed by atoms with Crippen LogP contribution in [0.4, 0.5) is 4.79 Å². The van der Waals surface area contributed by atoms with E-state index in [4.69, 9.17) is 0 Å². The van der Waals surface area contributed by atoms with Crippen LogP contribution in [0.1, 0.15) is 16.7 Å². The van der Waals surface area contributed by atoms with Crippen molar-refractivity contribution < 1.29 is 4.79 Å². The van der Waals surface area contributed by atoms with E-state index in [1.54, 1.807) is 6.20 Å². The quantitative estimate of drug-likeness (QED) is 0.856. The van der Waals surface area contributed by atoms with Crippen molar-refractivity contribution in [1.29, 1.82) is 0 Å². The molecule has 0 spiro atoms. The van der Waals surface area contributed by atoms with Crippen LogP contribution in [0.5, 0.6) is 0 Å². The Morgan fingerprint density at radius 2 is 2.00 bits per heavy atom. The Labute approximate surface area is 133 Å². The molecule has 2 rings (SSSR count). The van der Waals surface area contributed by atoms with Gasteiger partial charge in [0.15, 0.2) is 0 Å². The lowest BCUT2D eigenvalue weighted by atomic mass is 10.1. The number of aryl methyl sites for hydroxylation is 1. The molecule has 0 heterocycles. The maximum absolute atomic E-state index is 11.7. The Bertz CT molecular complexity index is 653. The number of carbonyl (C=O) groups excluding carboxylic acids is 1. The lowest BCUT2D eigenvalue weighted by Crippen LogP contribution is -2.31. The Balaban J connectivity index is 1.81. The predicted octanol–water partition coefficient (Wildman–Crippen LogP) is 4.23. The van der Waals surface area contributed by atoms with Gasteiger partial charge in [0.25, 0.3) is 0 Å². The molecule has 0 saturated carbocycles. The zero-order valence-corrected chi connectivity index (χ0v) is 13.4. The van der Waals surface area contributed by atoms with Gasteiger partial charge in [-0.05, 0) is 41.8 Å². The molecule has 2 aromatic carbocycles. The molecule has 0 radical (unpaired) electrons. The van der Waals surface area contributed by atoms with E-state index in [-0.39, 0.29) is 6.03 Å². The molecule has 108 valence electrons. The van der Waals surface area contributed by atoms with Crippen molar-refractivity contribution in [2.75, 3.05) is 0 Å². The molecular formula is C17H17BrN2O. The first kappa shape index (κ1) is 15.3. The van der Waals surface area contributed by atoms with E-state index in [9.17, 15) is 4.79 Å². The second-order valence-electron chi connectivity index (χ2n) is 4.64. The summed E-state index contributed by atoms with van der Waals surface area (Å²) in [7, 11) is 0. The van der Waals surface area contributed by atoms with Crippen LogP contribution < -0.4 is 10.6 Å². The number of hydrogen-bond acceptors (Lipinski definition) is 1. The smallest absolute Gasteiger partial charge is 0.319 e. The molecule has 3 nitrogen and oxygen atoms in total. The number of nitrogens with one attached hydrogen (secondary N) is 2. The van der Waals surface area contributed by atoms with E-state index < -0.39 is 0 Å². The lowest BCUT2D eigenvalue weighted by molar-refractivity contribution is 0.244. The number of halogens is 1. The highest BCUT2D eigenvalue weighted by atomic mass is 79.9. The standard InChI is InChI=1S/C17H17BrN2O/c1-13-5-2-3-7-15(13)12-20-17(21)19-10-9-14-6-4-8-16(18)11-14/h2-11H,12H2,1H3,(H2,19,20,21)/b10-9+. The van der Waals surface area contributed by atoms with Gasteiger partial charge >= 0.3 is 6.03 Å². The summed E-state index contributed by atoms with van der Waals surface area (Å²) in [5, 5.41) is 5.52. The molecule has 0 bridgehead atoms. The second kappa shape index (κ2) is 7.64. The van der Waals surface area contributed by atoms with Crippen LogP contribution in [0.2, 0.25) is 0 Å². The van der Waals surface area contributed by atoms with Gasteiger partial charge in [-0.15, -0.1) is 0 Å². The molecule has 21 heavy (non-hydrogen) atoms. The van der Waals surface area contributed by atoms with Crippen LogP contribution >= 0.6 is 15.9 Å². The molecule has 2 N–H and O–H groups in total. The summed E-state index contributed by atoms with van der Waals surface area (Å²) in [4.78, 5) is 11.7. The maximum atomic E-state index is 11.7. The van der Waals surface area contributed by atoms with Crippen molar-refractivity contribution >= 4 is 28.0 Å². The molecule has 0 saturated heterocycles. The molecular weight excluding hydrogens is 328 g/mol. The summed E-state index contributed by atoms with van der Waals surface area (Å²) < 4.78 is 1.01. The molecule has 0 atom stereocenters. The minimum absolute atomic E-state index is 0.218. The normalized spacial score (nSPS) is 10.6. The van der Waals surface area contributed by atoms with Gasteiger partial charge in [-0.25, -0.2) is 4.79 Å². The van der Waals surface area contributed by atoms with Gasteiger partial charge in [-0.3, -0.25) is 0 Å². The molecule has 0 aliphatic carbocycles. The second-order valence-corrected chi connectivity index (χ2v) is 5.56. The SMILES string of the molecule is Cc1ccccc1CNC(=O)N/C=C/c1cccc(Br)c1. The number of rotatable bonds is 4. The fourth-order valence-electron chi connectivity index (χ4n) is 1.86. The number of carbonyl (C=O) groups is 1. The van der Waals surface area contributed by atoms with Crippen molar-refractivity contribution in [3.05, 3.63) is 75.9 Å². The third kappa shape index (κ3) is 5.08. The van der Waals surface area contributed by atoms with Gasteiger partial charge in [0.2, 0.25) is 0 Å². The average molecular weight is 345 g/mol. The van der Waals surface area contributed by atoms with Crippen LogP contribution in [0.15, 0.2) is 59.2 Å². The topological polar surface area (TPSA) is 41.1 Å². The van der Waals surface area contributed by atoms with Crippen molar-refractivity contribution in [2.24, 2.45) is 0 Å². The van der Waals surface area contributed by atoms with Gasteiger partial charge in [0.05, 0.1) is 0 Å². The Hall–Kier alpha value is -2.07. The first-order chi connectivity index (χ1) is 10.1. The number of hydrogen-bond donors (Lipinski definition) is 2. The van der Waals surface area contributed by atoms with E-state index in [2.05, 4.69) is 26.6 Å². The van der Waals surface area contributed by atoms with Gasteiger partial charge < -0.3 is 10.6 Å². The van der Waals surface area contributed by atoms with E-state index in [0.29, 0.717) is 6.54 Å². The van der Waals surface area contributed by atoms with Gasteiger partial charge in [0.1, 0.15) is 0 Å². The Kier molecular flexibility index (Phi) is 5.58. The van der Waals surface area contributed by atoms with Crippen LogP contribution in [0, 0.1) is 6.92 Å². The Morgan fingerprint density at radius 1 is 1.19 bits per heavy atom. The van der Waals surface area contributed by atoms with Gasteiger partial charge in [0, 0.05) is 17.2 Å². The first-order valence-electron chi connectivity index (χ1n) is 6.66.